The van der Waals surface area contributed by atoms with E-state index in [1.54, 1.807) is 0 Å². The van der Waals surface area contributed by atoms with E-state index in [4.69, 9.17) is 5.84 Å². The molecule has 1 aromatic rings. The molecule has 2 rings (SSSR count). The summed E-state index contributed by atoms with van der Waals surface area (Å²) >= 11 is 0. The Bertz CT molecular complexity index is 445. The fourth-order valence-corrected chi connectivity index (χ4v) is 4.01. The van der Waals surface area contributed by atoms with Gasteiger partial charge in [-0.15, -0.1) is 0 Å². The molecule has 3 N–H and O–H groups in total. The second kappa shape index (κ2) is 6.50. The summed E-state index contributed by atoms with van der Waals surface area (Å²) in [6, 6.07) is 7.10. The largest absolute Gasteiger partial charge is 0.271 e. The molecule has 0 spiro atoms. The molecule has 0 radical (unpaired) electrons. The summed E-state index contributed by atoms with van der Waals surface area (Å²) in [4.78, 5) is 0. The normalized spacial score (nSPS) is 24.9. The van der Waals surface area contributed by atoms with Crippen molar-refractivity contribution in [2.24, 2.45) is 23.1 Å². The molecule has 0 heterocycles. The zero-order valence-corrected chi connectivity index (χ0v) is 14.4. The van der Waals surface area contributed by atoms with Crippen molar-refractivity contribution >= 4 is 0 Å². The maximum absolute atomic E-state index is 5.91. The summed E-state index contributed by atoms with van der Waals surface area (Å²) in [6.45, 7) is 11.5. The summed E-state index contributed by atoms with van der Waals surface area (Å²) in [5.41, 5.74) is 7.55. The van der Waals surface area contributed by atoms with Gasteiger partial charge >= 0.3 is 0 Å². The lowest BCUT2D eigenvalue weighted by Crippen LogP contribution is -2.37. The Kier molecular flexibility index (Phi) is 5.11. The molecule has 1 aliphatic carbocycles. The third kappa shape index (κ3) is 4.08. The van der Waals surface area contributed by atoms with Crippen LogP contribution in [-0.2, 0) is 0 Å². The predicted molar refractivity (Wildman–Crippen MR) is 90.9 cm³/mol. The van der Waals surface area contributed by atoms with Crippen molar-refractivity contribution in [3.63, 3.8) is 0 Å². The van der Waals surface area contributed by atoms with Crippen LogP contribution in [0.5, 0.6) is 0 Å². The highest BCUT2D eigenvalue weighted by Crippen LogP contribution is 2.43. The van der Waals surface area contributed by atoms with E-state index in [-0.39, 0.29) is 0 Å². The lowest BCUT2D eigenvalue weighted by molar-refractivity contribution is 0.132. The third-order valence-corrected chi connectivity index (χ3v) is 5.25. The Morgan fingerprint density at radius 2 is 1.52 bits per heavy atom. The highest BCUT2D eigenvalue weighted by Gasteiger charge is 2.33. The van der Waals surface area contributed by atoms with E-state index in [9.17, 15) is 0 Å². The molecule has 1 fully saturated rings. The molecule has 0 aliphatic heterocycles. The van der Waals surface area contributed by atoms with E-state index in [1.165, 1.54) is 42.4 Å². The first-order chi connectivity index (χ1) is 9.81. The van der Waals surface area contributed by atoms with Gasteiger partial charge in [-0.05, 0) is 62.3 Å². The number of hydrogen-bond donors (Lipinski definition) is 2. The second-order valence-corrected chi connectivity index (χ2v) is 8.04. The van der Waals surface area contributed by atoms with Gasteiger partial charge in [0.2, 0.25) is 0 Å². The van der Waals surface area contributed by atoms with Crippen LogP contribution in [0.2, 0.25) is 0 Å². The van der Waals surface area contributed by atoms with Crippen LogP contribution in [0, 0.1) is 31.1 Å². The first-order valence-electron chi connectivity index (χ1n) is 8.35. The van der Waals surface area contributed by atoms with Crippen LogP contribution in [0.15, 0.2) is 18.2 Å². The molecule has 0 aromatic heterocycles. The summed E-state index contributed by atoms with van der Waals surface area (Å²) < 4.78 is 0. The minimum absolute atomic E-state index is 0.296. The van der Waals surface area contributed by atoms with E-state index in [2.05, 4.69) is 58.2 Å². The molecule has 2 heteroatoms. The molecule has 1 atom stereocenters. The van der Waals surface area contributed by atoms with Crippen molar-refractivity contribution in [3.8, 4) is 0 Å². The molecule has 1 unspecified atom stereocenters. The molecular formula is C19H32N2. The van der Waals surface area contributed by atoms with E-state index in [0.717, 1.165) is 5.92 Å². The van der Waals surface area contributed by atoms with Crippen LogP contribution in [0.3, 0.4) is 0 Å². The van der Waals surface area contributed by atoms with Crippen LogP contribution < -0.4 is 11.3 Å². The first kappa shape index (κ1) is 16.5. The highest BCUT2D eigenvalue weighted by atomic mass is 15.2. The minimum atomic E-state index is 0.296. The first-order valence-corrected chi connectivity index (χ1v) is 8.35. The van der Waals surface area contributed by atoms with Crippen molar-refractivity contribution in [1.29, 1.82) is 0 Å². The SMILES string of the molecule is Cc1cc(C)cc(C(NN)C2CCC(C(C)(C)C)CC2)c1. The molecule has 118 valence electrons. The molecule has 21 heavy (non-hydrogen) atoms. The fourth-order valence-electron chi connectivity index (χ4n) is 4.01. The quantitative estimate of drug-likeness (QED) is 0.627. The lowest BCUT2D eigenvalue weighted by atomic mass is 9.68. The van der Waals surface area contributed by atoms with Gasteiger partial charge in [0.1, 0.15) is 0 Å². The number of rotatable bonds is 3. The fraction of sp³-hybridized carbons (Fsp3) is 0.684. The van der Waals surface area contributed by atoms with Crippen LogP contribution in [0.4, 0.5) is 0 Å². The van der Waals surface area contributed by atoms with Crippen molar-refractivity contribution in [3.05, 3.63) is 34.9 Å². The zero-order valence-electron chi connectivity index (χ0n) is 14.4. The Morgan fingerprint density at radius 1 is 1.00 bits per heavy atom. The topological polar surface area (TPSA) is 38.0 Å². The Labute approximate surface area is 130 Å². The number of nitrogens with one attached hydrogen (secondary N) is 1. The van der Waals surface area contributed by atoms with Crippen molar-refractivity contribution in [1.82, 2.24) is 5.43 Å². The van der Waals surface area contributed by atoms with E-state index in [1.807, 2.05) is 0 Å². The van der Waals surface area contributed by atoms with E-state index < -0.39 is 0 Å². The second-order valence-electron chi connectivity index (χ2n) is 8.04. The van der Waals surface area contributed by atoms with Gasteiger partial charge in [0.05, 0.1) is 0 Å². The lowest BCUT2D eigenvalue weighted by Gasteiger charge is -2.39. The van der Waals surface area contributed by atoms with Crippen LogP contribution in [0.1, 0.15) is 69.2 Å². The Morgan fingerprint density at radius 3 is 1.95 bits per heavy atom. The Hall–Kier alpha value is -0.860. The molecule has 1 aliphatic rings. The van der Waals surface area contributed by atoms with E-state index in [0.29, 0.717) is 17.4 Å². The molecule has 2 nitrogen and oxygen atoms in total. The summed E-state index contributed by atoms with van der Waals surface area (Å²) in [5, 5.41) is 0. The Balaban J connectivity index is 2.09. The van der Waals surface area contributed by atoms with Crippen LogP contribution >= 0.6 is 0 Å². The third-order valence-electron chi connectivity index (χ3n) is 5.25. The maximum Gasteiger partial charge on any atom is 0.0488 e. The van der Waals surface area contributed by atoms with Gasteiger partial charge in [0.25, 0.3) is 0 Å². The standard InChI is InChI=1S/C19H32N2/c1-13-10-14(2)12-16(11-13)18(21-20)15-6-8-17(9-7-15)19(3,4)5/h10-12,15,17-18,21H,6-9,20H2,1-5H3. The van der Waals surface area contributed by atoms with Crippen LogP contribution in [0.25, 0.3) is 0 Å². The van der Waals surface area contributed by atoms with Gasteiger partial charge in [-0.2, -0.15) is 0 Å². The number of nitrogens with two attached hydrogens (primary N) is 1. The van der Waals surface area contributed by atoms with Gasteiger partial charge in [-0.1, -0.05) is 50.1 Å². The smallest absolute Gasteiger partial charge is 0.0488 e. The maximum atomic E-state index is 5.91. The minimum Gasteiger partial charge on any atom is -0.271 e. The van der Waals surface area contributed by atoms with Gasteiger partial charge in [0.15, 0.2) is 0 Å². The molecular weight excluding hydrogens is 256 g/mol. The average Bonchev–Trinajstić information content (AvgIpc) is 2.38. The number of hydrazine groups is 1. The summed E-state index contributed by atoms with van der Waals surface area (Å²) in [5.74, 6) is 7.42. The van der Waals surface area contributed by atoms with Gasteiger partial charge in [-0.25, -0.2) is 0 Å². The van der Waals surface area contributed by atoms with Crippen molar-refractivity contribution in [2.45, 2.75) is 66.3 Å². The van der Waals surface area contributed by atoms with E-state index >= 15 is 0 Å². The summed E-state index contributed by atoms with van der Waals surface area (Å²) in [6.07, 6.45) is 5.22. The molecule has 0 bridgehead atoms. The van der Waals surface area contributed by atoms with Gasteiger partial charge < -0.3 is 0 Å². The monoisotopic (exact) mass is 288 g/mol. The number of aryl methyl sites for hydroxylation is 2. The zero-order chi connectivity index (χ0) is 15.6. The van der Waals surface area contributed by atoms with Gasteiger partial charge in [-0.3, -0.25) is 11.3 Å². The molecule has 1 aromatic carbocycles. The van der Waals surface area contributed by atoms with Gasteiger partial charge in [0, 0.05) is 6.04 Å². The molecule has 0 saturated heterocycles. The summed E-state index contributed by atoms with van der Waals surface area (Å²) in [7, 11) is 0. The average molecular weight is 288 g/mol. The van der Waals surface area contributed by atoms with Crippen molar-refractivity contribution < 1.29 is 0 Å². The van der Waals surface area contributed by atoms with Crippen LogP contribution in [-0.4, -0.2) is 0 Å². The molecule has 1 saturated carbocycles. The predicted octanol–water partition coefficient (Wildman–Crippen LogP) is 4.66. The molecule has 0 amide bonds. The number of benzene rings is 1. The van der Waals surface area contributed by atoms with Crippen molar-refractivity contribution in [2.75, 3.05) is 0 Å². The highest BCUT2D eigenvalue weighted by molar-refractivity contribution is 5.31. The number of hydrogen-bond acceptors (Lipinski definition) is 2.